The Bertz CT molecular complexity index is 1470. The van der Waals surface area contributed by atoms with Crippen LogP contribution < -0.4 is 9.62 Å². The Morgan fingerprint density at radius 3 is 2.15 bits per heavy atom. The quantitative estimate of drug-likeness (QED) is 0.320. The summed E-state index contributed by atoms with van der Waals surface area (Å²) in [5.41, 5.74) is -0.0702. The third-order valence-electron chi connectivity index (χ3n) is 6.08. The summed E-state index contributed by atoms with van der Waals surface area (Å²) in [4.78, 5) is 28.7. The van der Waals surface area contributed by atoms with Gasteiger partial charge in [-0.15, -0.1) is 0 Å². The maximum absolute atomic E-state index is 14.0. The van der Waals surface area contributed by atoms with Crippen LogP contribution >= 0.6 is 11.6 Å². The Balaban J connectivity index is 2.08. The van der Waals surface area contributed by atoms with Crippen LogP contribution in [-0.4, -0.2) is 50.0 Å². The van der Waals surface area contributed by atoms with Crippen molar-refractivity contribution in [3.63, 3.8) is 0 Å². The van der Waals surface area contributed by atoms with E-state index in [1.165, 1.54) is 11.0 Å². The Hall–Kier alpha value is -3.57. The van der Waals surface area contributed by atoms with Gasteiger partial charge in [0, 0.05) is 24.0 Å². The van der Waals surface area contributed by atoms with Gasteiger partial charge in [0.15, 0.2) is 0 Å². The van der Waals surface area contributed by atoms with Crippen LogP contribution in [-0.2, 0) is 38.8 Å². The molecule has 0 aliphatic carbocycles. The van der Waals surface area contributed by atoms with Crippen molar-refractivity contribution in [1.82, 2.24) is 10.2 Å². The maximum Gasteiger partial charge on any atom is 0.416 e. The first-order chi connectivity index (χ1) is 19.1. The SMILES string of the molecule is CC(C)NC(=O)[C@H](Cc1ccccc1)N(Cc1cccc(Cl)c1)C(=O)CN(c1cccc(C(F)(F)F)c1)S(C)(=O)=O. The molecule has 41 heavy (non-hydrogen) atoms. The van der Waals surface area contributed by atoms with Crippen LogP contribution in [0.1, 0.15) is 30.5 Å². The fourth-order valence-electron chi connectivity index (χ4n) is 4.22. The Morgan fingerprint density at radius 2 is 1.56 bits per heavy atom. The first-order valence-electron chi connectivity index (χ1n) is 12.7. The van der Waals surface area contributed by atoms with Crippen molar-refractivity contribution in [2.45, 2.75) is 45.1 Å². The van der Waals surface area contributed by atoms with E-state index in [4.69, 9.17) is 11.6 Å². The first kappa shape index (κ1) is 32.0. The summed E-state index contributed by atoms with van der Waals surface area (Å²) in [7, 11) is -4.22. The van der Waals surface area contributed by atoms with Crippen molar-refractivity contribution >= 4 is 39.1 Å². The minimum Gasteiger partial charge on any atom is -0.352 e. The number of rotatable bonds is 11. The van der Waals surface area contributed by atoms with Gasteiger partial charge in [-0.05, 0) is 55.3 Å². The molecule has 0 fully saturated rings. The molecule has 0 spiro atoms. The molecule has 0 bridgehead atoms. The van der Waals surface area contributed by atoms with Crippen molar-refractivity contribution in [1.29, 1.82) is 0 Å². The molecule has 1 N–H and O–H groups in total. The fourth-order valence-corrected chi connectivity index (χ4v) is 5.27. The predicted octanol–water partition coefficient (Wildman–Crippen LogP) is 5.29. The second-order valence-electron chi connectivity index (χ2n) is 9.84. The van der Waals surface area contributed by atoms with Crippen LogP contribution in [0.3, 0.4) is 0 Å². The van der Waals surface area contributed by atoms with Crippen molar-refractivity contribution in [3.05, 3.63) is 101 Å². The molecule has 2 amide bonds. The van der Waals surface area contributed by atoms with Gasteiger partial charge in [-0.2, -0.15) is 13.2 Å². The molecule has 0 aromatic heterocycles. The molecule has 220 valence electrons. The van der Waals surface area contributed by atoms with Gasteiger partial charge in [0.25, 0.3) is 0 Å². The molecule has 0 radical (unpaired) electrons. The van der Waals surface area contributed by atoms with Crippen LogP contribution in [0.25, 0.3) is 0 Å². The van der Waals surface area contributed by atoms with Gasteiger partial charge in [-0.25, -0.2) is 8.42 Å². The number of amides is 2. The molecule has 0 saturated heterocycles. The topological polar surface area (TPSA) is 86.8 Å². The molecule has 3 aromatic rings. The molecule has 0 heterocycles. The number of alkyl halides is 3. The number of carbonyl (C=O) groups is 2. The zero-order valence-electron chi connectivity index (χ0n) is 22.7. The third kappa shape index (κ3) is 9.22. The normalized spacial score (nSPS) is 12.6. The van der Waals surface area contributed by atoms with Gasteiger partial charge in [0.2, 0.25) is 21.8 Å². The number of hydrogen-bond acceptors (Lipinski definition) is 4. The number of carbonyl (C=O) groups excluding carboxylic acids is 2. The summed E-state index contributed by atoms with van der Waals surface area (Å²) in [6.45, 7) is 2.59. The highest BCUT2D eigenvalue weighted by molar-refractivity contribution is 7.92. The van der Waals surface area contributed by atoms with Crippen LogP contribution in [0.4, 0.5) is 18.9 Å². The fraction of sp³-hybridized carbons (Fsp3) is 0.310. The van der Waals surface area contributed by atoms with Gasteiger partial charge in [-0.3, -0.25) is 13.9 Å². The molecule has 12 heteroatoms. The van der Waals surface area contributed by atoms with Gasteiger partial charge < -0.3 is 10.2 Å². The molecule has 0 aliphatic heterocycles. The first-order valence-corrected chi connectivity index (χ1v) is 14.9. The standard InChI is InChI=1S/C29H31ClF3N3O4S/c1-20(2)34-28(38)26(16-21-9-5-4-6-10-21)35(18-22-11-7-13-24(30)15-22)27(37)19-36(41(3,39)40)25-14-8-12-23(17-25)29(31,32)33/h4-15,17,20,26H,16,18-19H2,1-3H3,(H,34,38)/t26-/m0/s1. The summed E-state index contributed by atoms with van der Waals surface area (Å²) < 4.78 is 66.4. The molecule has 7 nitrogen and oxygen atoms in total. The highest BCUT2D eigenvalue weighted by Crippen LogP contribution is 2.32. The molecule has 3 rings (SSSR count). The number of sulfonamides is 1. The Kier molecular flexibility index (Phi) is 10.4. The van der Waals surface area contributed by atoms with E-state index < -0.39 is 46.2 Å². The van der Waals surface area contributed by atoms with Crippen molar-refractivity contribution in [2.75, 3.05) is 17.1 Å². The lowest BCUT2D eigenvalue weighted by molar-refractivity contribution is -0.140. The minimum absolute atomic E-state index is 0.105. The predicted molar refractivity (Wildman–Crippen MR) is 153 cm³/mol. The smallest absolute Gasteiger partial charge is 0.352 e. The second kappa shape index (κ2) is 13.4. The number of anilines is 1. The molecule has 3 aromatic carbocycles. The average Bonchev–Trinajstić information content (AvgIpc) is 2.88. The molecule has 0 aliphatic rings. The molecule has 0 saturated carbocycles. The highest BCUT2D eigenvalue weighted by Gasteiger charge is 2.35. The van der Waals surface area contributed by atoms with Gasteiger partial charge >= 0.3 is 6.18 Å². The summed E-state index contributed by atoms with van der Waals surface area (Å²) in [5, 5.41) is 3.21. The van der Waals surface area contributed by atoms with E-state index in [0.717, 1.165) is 24.0 Å². The largest absolute Gasteiger partial charge is 0.416 e. The molecule has 1 atom stereocenters. The van der Waals surface area contributed by atoms with E-state index in [-0.39, 0.29) is 24.7 Å². The lowest BCUT2D eigenvalue weighted by atomic mass is 10.0. The number of nitrogens with one attached hydrogen (secondary N) is 1. The van der Waals surface area contributed by atoms with E-state index in [1.54, 1.807) is 68.4 Å². The summed E-state index contributed by atoms with van der Waals surface area (Å²) in [6, 6.07) is 18.0. The average molecular weight is 610 g/mol. The molecular weight excluding hydrogens is 579 g/mol. The van der Waals surface area contributed by atoms with Crippen molar-refractivity contribution in [2.24, 2.45) is 0 Å². The van der Waals surface area contributed by atoms with Crippen molar-refractivity contribution < 1.29 is 31.2 Å². The van der Waals surface area contributed by atoms with Gasteiger partial charge in [-0.1, -0.05) is 60.1 Å². The highest BCUT2D eigenvalue weighted by atomic mass is 35.5. The summed E-state index contributed by atoms with van der Waals surface area (Å²) in [6.07, 6.45) is -3.82. The number of hydrogen-bond donors (Lipinski definition) is 1. The van der Waals surface area contributed by atoms with Crippen LogP contribution in [0.2, 0.25) is 5.02 Å². The summed E-state index contributed by atoms with van der Waals surface area (Å²) in [5.74, 6) is -1.25. The second-order valence-corrected chi connectivity index (χ2v) is 12.2. The molecule has 0 unspecified atom stereocenters. The lowest BCUT2D eigenvalue weighted by Gasteiger charge is -2.34. The minimum atomic E-state index is -4.72. The van der Waals surface area contributed by atoms with E-state index in [0.29, 0.717) is 21.0 Å². The van der Waals surface area contributed by atoms with Gasteiger partial charge in [0.05, 0.1) is 17.5 Å². The summed E-state index contributed by atoms with van der Waals surface area (Å²) >= 11 is 6.16. The Labute approximate surface area is 243 Å². The molecular formula is C29H31ClF3N3O4S. The number of halogens is 4. The monoisotopic (exact) mass is 609 g/mol. The van der Waals surface area contributed by atoms with E-state index in [9.17, 15) is 31.2 Å². The lowest BCUT2D eigenvalue weighted by Crippen LogP contribution is -2.54. The van der Waals surface area contributed by atoms with Crippen LogP contribution in [0.5, 0.6) is 0 Å². The number of benzene rings is 3. The van der Waals surface area contributed by atoms with E-state index in [1.807, 2.05) is 0 Å². The zero-order valence-corrected chi connectivity index (χ0v) is 24.3. The van der Waals surface area contributed by atoms with Crippen molar-refractivity contribution in [3.8, 4) is 0 Å². The maximum atomic E-state index is 14.0. The van der Waals surface area contributed by atoms with Gasteiger partial charge in [0.1, 0.15) is 12.6 Å². The van der Waals surface area contributed by atoms with E-state index in [2.05, 4.69) is 5.32 Å². The number of nitrogens with zero attached hydrogens (tertiary/aromatic N) is 2. The van der Waals surface area contributed by atoms with E-state index >= 15 is 0 Å². The zero-order chi connectivity index (χ0) is 30.4. The Morgan fingerprint density at radius 1 is 0.927 bits per heavy atom. The van der Waals surface area contributed by atoms with Crippen LogP contribution in [0.15, 0.2) is 78.9 Å². The third-order valence-corrected chi connectivity index (χ3v) is 7.46. The van der Waals surface area contributed by atoms with Crippen LogP contribution in [0, 0.1) is 0 Å².